The summed E-state index contributed by atoms with van der Waals surface area (Å²) in [5.41, 5.74) is 0.651. The number of carbonyl (C=O) groups excluding carboxylic acids is 1. The fraction of sp³-hybridized carbons (Fsp3) is 0.529. The average molecular weight is 340 g/mol. The highest BCUT2D eigenvalue weighted by Gasteiger charge is 2.02. The second-order valence-corrected chi connectivity index (χ2v) is 5.02. The van der Waals surface area contributed by atoms with Crippen molar-refractivity contribution < 1.29 is 24.9 Å². The Kier molecular flexibility index (Phi) is 14.6. The van der Waals surface area contributed by atoms with E-state index < -0.39 is 5.97 Å². The van der Waals surface area contributed by atoms with E-state index in [1.807, 2.05) is 18.2 Å². The van der Waals surface area contributed by atoms with Crippen LogP contribution >= 0.6 is 0 Å². The molecular formula is C17H28N2O5. The van der Waals surface area contributed by atoms with Crippen LogP contribution in [0, 0.1) is 0 Å². The van der Waals surface area contributed by atoms with Crippen LogP contribution in [-0.2, 0) is 4.79 Å². The van der Waals surface area contributed by atoms with Crippen molar-refractivity contribution >= 4 is 11.9 Å². The zero-order valence-corrected chi connectivity index (χ0v) is 13.9. The van der Waals surface area contributed by atoms with Crippen LogP contribution in [0.5, 0.6) is 0 Å². The average Bonchev–Trinajstić information content (AvgIpc) is 2.59. The van der Waals surface area contributed by atoms with Crippen molar-refractivity contribution in [3.63, 3.8) is 0 Å². The van der Waals surface area contributed by atoms with Gasteiger partial charge in [0.15, 0.2) is 0 Å². The summed E-state index contributed by atoms with van der Waals surface area (Å²) in [5, 5.41) is 30.3. The quantitative estimate of drug-likeness (QED) is 0.377. The van der Waals surface area contributed by atoms with Crippen molar-refractivity contribution in [1.82, 2.24) is 10.6 Å². The van der Waals surface area contributed by atoms with E-state index in [2.05, 4.69) is 10.6 Å². The lowest BCUT2D eigenvalue weighted by Crippen LogP contribution is -2.24. The Morgan fingerprint density at radius 3 is 2.04 bits per heavy atom. The maximum absolute atomic E-state index is 11.6. The van der Waals surface area contributed by atoms with Gasteiger partial charge in [0, 0.05) is 31.6 Å². The second kappa shape index (κ2) is 15.9. The maximum Gasteiger partial charge on any atom is 0.303 e. The fourth-order valence-corrected chi connectivity index (χ4v) is 1.75. The van der Waals surface area contributed by atoms with Crippen molar-refractivity contribution in [2.75, 3.05) is 32.8 Å². The number of unbranched alkanes of at least 4 members (excludes halogenated alkanes) is 2. The lowest BCUT2D eigenvalue weighted by molar-refractivity contribution is -0.137. The summed E-state index contributed by atoms with van der Waals surface area (Å²) in [6.07, 6.45) is 2.50. The summed E-state index contributed by atoms with van der Waals surface area (Å²) >= 11 is 0. The smallest absolute Gasteiger partial charge is 0.303 e. The van der Waals surface area contributed by atoms with E-state index >= 15 is 0 Å². The van der Waals surface area contributed by atoms with Gasteiger partial charge in [0.1, 0.15) is 0 Å². The van der Waals surface area contributed by atoms with Crippen LogP contribution in [0.2, 0.25) is 0 Å². The fourth-order valence-electron chi connectivity index (χ4n) is 1.75. The maximum atomic E-state index is 11.6. The highest BCUT2D eigenvalue weighted by atomic mass is 16.4. The molecule has 0 aliphatic heterocycles. The van der Waals surface area contributed by atoms with Crippen LogP contribution in [0.15, 0.2) is 30.3 Å². The number of carbonyl (C=O) groups is 2. The first kappa shape index (κ1) is 22.0. The number of hydrogen-bond donors (Lipinski definition) is 5. The molecule has 0 aliphatic rings. The molecule has 0 aliphatic carbocycles. The molecule has 5 N–H and O–H groups in total. The van der Waals surface area contributed by atoms with Gasteiger partial charge in [-0.2, -0.15) is 0 Å². The second-order valence-electron chi connectivity index (χ2n) is 5.02. The molecule has 0 atom stereocenters. The molecule has 0 radical (unpaired) electrons. The minimum Gasteiger partial charge on any atom is -0.481 e. The lowest BCUT2D eigenvalue weighted by Gasteiger charge is -2.04. The third kappa shape index (κ3) is 13.7. The normalized spacial score (nSPS) is 9.75. The van der Waals surface area contributed by atoms with Gasteiger partial charge in [-0.15, -0.1) is 0 Å². The van der Waals surface area contributed by atoms with Gasteiger partial charge in [0.25, 0.3) is 5.91 Å². The molecule has 0 unspecified atom stereocenters. The number of aliphatic carboxylic acids is 1. The van der Waals surface area contributed by atoms with Gasteiger partial charge in [0.2, 0.25) is 0 Å². The van der Waals surface area contributed by atoms with Gasteiger partial charge in [-0.1, -0.05) is 24.6 Å². The Hall–Kier alpha value is -1.96. The molecule has 0 spiro atoms. The van der Waals surface area contributed by atoms with Crippen LogP contribution in [0.3, 0.4) is 0 Å². The summed E-state index contributed by atoms with van der Waals surface area (Å²) in [4.78, 5) is 21.8. The molecule has 136 valence electrons. The first-order chi connectivity index (χ1) is 11.6. The number of aliphatic hydroxyl groups is 2. The standard InChI is InChI=1S/C13H17NO3.C4H11NO2/c15-12(16)9-5-2-6-10-14-13(17)11-7-3-1-4-8-11;6-3-1-5-2-4-7/h1,3-4,7-8H,2,5-6,9-10H2,(H,14,17)(H,15,16);5-7H,1-4H2. The van der Waals surface area contributed by atoms with Gasteiger partial charge < -0.3 is 26.0 Å². The molecule has 1 aromatic rings. The molecule has 1 aromatic carbocycles. The van der Waals surface area contributed by atoms with E-state index in [-0.39, 0.29) is 25.5 Å². The number of carboxylic acids is 1. The number of aliphatic hydroxyl groups excluding tert-OH is 2. The van der Waals surface area contributed by atoms with E-state index in [9.17, 15) is 9.59 Å². The Bertz CT molecular complexity index is 436. The topological polar surface area (TPSA) is 119 Å². The highest BCUT2D eigenvalue weighted by Crippen LogP contribution is 2.00. The zero-order valence-electron chi connectivity index (χ0n) is 13.9. The van der Waals surface area contributed by atoms with E-state index in [0.29, 0.717) is 31.6 Å². The lowest BCUT2D eigenvalue weighted by atomic mass is 10.2. The van der Waals surface area contributed by atoms with Crippen LogP contribution in [0.25, 0.3) is 0 Å². The number of rotatable bonds is 11. The van der Waals surface area contributed by atoms with Crippen LogP contribution in [0.4, 0.5) is 0 Å². The predicted octanol–water partition coefficient (Wildman–Crippen LogP) is 0.622. The number of carboxylic acid groups (broad SMARTS) is 1. The SMILES string of the molecule is O=C(O)CCCCCNC(=O)c1ccccc1.OCCNCCO. The largest absolute Gasteiger partial charge is 0.481 e. The number of benzene rings is 1. The van der Waals surface area contributed by atoms with Crippen LogP contribution < -0.4 is 10.6 Å². The van der Waals surface area contributed by atoms with E-state index in [1.165, 1.54) is 0 Å². The van der Waals surface area contributed by atoms with Gasteiger partial charge >= 0.3 is 5.97 Å². The monoisotopic (exact) mass is 340 g/mol. The Morgan fingerprint density at radius 2 is 1.50 bits per heavy atom. The molecule has 0 saturated heterocycles. The van der Waals surface area contributed by atoms with Crippen molar-refractivity contribution in [2.24, 2.45) is 0 Å². The van der Waals surface area contributed by atoms with Gasteiger partial charge in [-0.3, -0.25) is 9.59 Å². The third-order valence-electron chi connectivity index (χ3n) is 2.97. The van der Waals surface area contributed by atoms with E-state index in [0.717, 1.165) is 12.8 Å². The summed E-state index contributed by atoms with van der Waals surface area (Å²) in [6.45, 7) is 2.01. The molecule has 0 saturated carbocycles. The molecule has 0 bridgehead atoms. The molecule has 7 nitrogen and oxygen atoms in total. The minimum atomic E-state index is -0.765. The molecule has 0 fully saturated rings. The Labute approximate surface area is 142 Å². The Balaban J connectivity index is 0.000000640. The van der Waals surface area contributed by atoms with Gasteiger partial charge in [-0.05, 0) is 25.0 Å². The van der Waals surface area contributed by atoms with Gasteiger partial charge in [-0.25, -0.2) is 0 Å². The van der Waals surface area contributed by atoms with Crippen molar-refractivity contribution in [3.8, 4) is 0 Å². The first-order valence-corrected chi connectivity index (χ1v) is 8.09. The Morgan fingerprint density at radius 1 is 0.875 bits per heavy atom. The molecule has 0 aromatic heterocycles. The summed E-state index contributed by atoms with van der Waals surface area (Å²) in [7, 11) is 0. The summed E-state index contributed by atoms with van der Waals surface area (Å²) in [5.74, 6) is -0.845. The molecule has 7 heteroatoms. The van der Waals surface area contributed by atoms with Crippen molar-refractivity contribution in [1.29, 1.82) is 0 Å². The van der Waals surface area contributed by atoms with E-state index in [4.69, 9.17) is 15.3 Å². The molecule has 0 heterocycles. The van der Waals surface area contributed by atoms with Crippen LogP contribution in [-0.4, -0.2) is 60.0 Å². The molecule has 1 rings (SSSR count). The third-order valence-corrected chi connectivity index (χ3v) is 2.97. The zero-order chi connectivity index (χ0) is 18.0. The number of hydrogen-bond acceptors (Lipinski definition) is 5. The highest BCUT2D eigenvalue weighted by molar-refractivity contribution is 5.94. The number of nitrogens with one attached hydrogen (secondary N) is 2. The summed E-state index contributed by atoms with van der Waals surface area (Å²) in [6, 6.07) is 9.03. The van der Waals surface area contributed by atoms with Gasteiger partial charge in [0.05, 0.1) is 13.2 Å². The van der Waals surface area contributed by atoms with E-state index in [1.54, 1.807) is 12.1 Å². The molecule has 24 heavy (non-hydrogen) atoms. The number of amides is 1. The summed E-state index contributed by atoms with van der Waals surface area (Å²) < 4.78 is 0. The molecular weight excluding hydrogens is 312 g/mol. The first-order valence-electron chi connectivity index (χ1n) is 8.09. The van der Waals surface area contributed by atoms with Crippen LogP contribution in [0.1, 0.15) is 36.0 Å². The minimum absolute atomic E-state index is 0.0798. The van der Waals surface area contributed by atoms with Crippen molar-refractivity contribution in [2.45, 2.75) is 25.7 Å². The molecule has 1 amide bonds. The van der Waals surface area contributed by atoms with Crippen molar-refractivity contribution in [3.05, 3.63) is 35.9 Å². The predicted molar refractivity (Wildman–Crippen MR) is 91.9 cm³/mol.